The Morgan fingerprint density at radius 3 is 2.67 bits per heavy atom. The molecule has 1 aliphatic heterocycles. The van der Waals surface area contributed by atoms with Gasteiger partial charge in [0, 0.05) is 12.1 Å². The first-order valence-electron chi connectivity index (χ1n) is 8.34. The summed E-state index contributed by atoms with van der Waals surface area (Å²) in [4.78, 5) is 0. The van der Waals surface area contributed by atoms with Crippen molar-refractivity contribution in [1.29, 1.82) is 0 Å². The molecular formula is C18H27NO2. The Labute approximate surface area is 128 Å². The topological polar surface area (TPSA) is 30.5 Å². The smallest absolute Gasteiger partial charge is 0.161 e. The predicted molar refractivity (Wildman–Crippen MR) is 84.9 cm³/mol. The van der Waals surface area contributed by atoms with Gasteiger partial charge in [0.15, 0.2) is 11.5 Å². The molecule has 0 saturated heterocycles. The average Bonchev–Trinajstić information content (AvgIpc) is 2.87. The number of ether oxygens (including phenoxy) is 2. The van der Waals surface area contributed by atoms with Gasteiger partial charge in [0.2, 0.25) is 0 Å². The molecule has 4 atom stereocenters. The van der Waals surface area contributed by atoms with Gasteiger partial charge in [-0.15, -0.1) is 0 Å². The van der Waals surface area contributed by atoms with Crippen molar-refractivity contribution in [3.05, 3.63) is 23.8 Å². The van der Waals surface area contributed by atoms with Crippen LogP contribution in [0.25, 0.3) is 0 Å². The largest absolute Gasteiger partial charge is 0.486 e. The van der Waals surface area contributed by atoms with E-state index in [2.05, 4.69) is 38.2 Å². The van der Waals surface area contributed by atoms with Crippen LogP contribution in [0.15, 0.2) is 18.2 Å². The van der Waals surface area contributed by atoms with Crippen molar-refractivity contribution >= 4 is 0 Å². The molecule has 1 heterocycles. The summed E-state index contributed by atoms with van der Waals surface area (Å²) in [6.45, 7) is 8.26. The Morgan fingerprint density at radius 1 is 1.19 bits per heavy atom. The highest BCUT2D eigenvalue weighted by atomic mass is 16.6. The molecule has 1 fully saturated rings. The van der Waals surface area contributed by atoms with Crippen LogP contribution < -0.4 is 14.8 Å². The van der Waals surface area contributed by atoms with E-state index < -0.39 is 0 Å². The van der Waals surface area contributed by atoms with Crippen LogP contribution in [0.3, 0.4) is 0 Å². The molecule has 1 N–H and O–H groups in total. The molecule has 3 nitrogen and oxygen atoms in total. The lowest BCUT2D eigenvalue weighted by Gasteiger charge is -2.26. The molecule has 21 heavy (non-hydrogen) atoms. The summed E-state index contributed by atoms with van der Waals surface area (Å²) < 4.78 is 11.3. The standard InChI is InChI=1S/C18H27NO2/c1-4-14-5-7-16(12(14)2)19-13(3)15-6-8-17-18(11-15)21-10-9-20-17/h6,8,11-14,16,19H,4-5,7,9-10H2,1-3H3. The summed E-state index contributed by atoms with van der Waals surface area (Å²) in [6, 6.07) is 7.31. The minimum absolute atomic E-state index is 0.351. The summed E-state index contributed by atoms with van der Waals surface area (Å²) in [5, 5.41) is 3.82. The van der Waals surface area contributed by atoms with Crippen LogP contribution in [-0.2, 0) is 0 Å². The van der Waals surface area contributed by atoms with E-state index in [9.17, 15) is 0 Å². The normalized spacial score (nSPS) is 29.4. The van der Waals surface area contributed by atoms with Gasteiger partial charge in [-0.1, -0.05) is 26.3 Å². The molecule has 0 amide bonds. The molecule has 0 aromatic heterocycles. The van der Waals surface area contributed by atoms with Crippen LogP contribution in [0.1, 0.15) is 51.6 Å². The quantitative estimate of drug-likeness (QED) is 0.911. The first-order chi connectivity index (χ1) is 10.2. The fourth-order valence-corrected chi connectivity index (χ4v) is 3.81. The number of nitrogens with one attached hydrogen (secondary N) is 1. The van der Waals surface area contributed by atoms with Crippen molar-refractivity contribution in [2.45, 2.75) is 52.1 Å². The van der Waals surface area contributed by atoms with Crippen molar-refractivity contribution in [1.82, 2.24) is 5.32 Å². The lowest BCUT2D eigenvalue weighted by molar-refractivity contribution is 0.171. The van der Waals surface area contributed by atoms with E-state index in [0.29, 0.717) is 25.3 Å². The number of hydrogen-bond donors (Lipinski definition) is 1. The van der Waals surface area contributed by atoms with E-state index in [-0.39, 0.29) is 0 Å². The number of rotatable bonds is 4. The highest BCUT2D eigenvalue weighted by molar-refractivity contribution is 5.44. The van der Waals surface area contributed by atoms with E-state index in [1.54, 1.807) is 0 Å². The van der Waals surface area contributed by atoms with Crippen LogP contribution in [0, 0.1) is 11.8 Å². The Balaban J connectivity index is 1.67. The maximum absolute atomic E-state index is 5.69. The minimum atomic E-state index is 0.351. The SMILES string of the molecule is CCC1CCC(NC(C)c2ccc3c(c2)OCCO3)C1C. The maximum Gasteiger partial charge on any atom is 0.161 e. The zero-order chi connectivity index (χ0) is 14.8. The second kappa shape index (κ2) is 6.27. The number of fused-ring (bicyclic) bond motifs is 1. The molecule has 4 unspecified atom stereocenters. The van der Waals surface area contributed by atoms with Gasteiger partial charge in [0.05, 0.1) is 0 Å². The van der Waals surface area contributed by atoms with Gasteiger partial charge in [0.1, 0.15) is 13.2 Å². The summed E-state index contributed by atoms with van der Waals surface area (Å²) in [7, 11) is 0. The van der Waals surface area contributed by atoms with E-state index in [1.807, 2.05) is 6.07 Å². The predicted octanol–water partition coefficient (Wildman–Crippen LogP) is 3.93. The maximum atomic E-state index is 5.69. The van der Waals surface area contributed by atoms with Crippen molar-refractivity contribution in [3.8, 4) is 11.5 Å². The minimum Gasteiger partial charge on any atom is -0.486 e. The molecule has 2 aliphatic rings. The summed E-state index contributed by atoms with van der Waals surface area (Å²) >= 11 is 0. The highest BCUT2D eigenvalue weighted by Gasteiger charge is 2.32. The molecule has 1 saturated carbocycles. The van der Waals surface area contributed by atoms with Crippen LogP contribution in [0.4, 0.5) is 0 Å². The van der Waals surface area contributed by atoms with Crippen LogP contribution >= 0.6 is 0 Å². The molecule has 3 heteroatoms. The summed E-state index contributed by atoms with van der Waals surface area (Å²) in [6.07, 6.45) is 3.97. The zero-order valence-corrected chi connectivity index (χ0v) is 13.4. The molecule has 0 bridgehead atoms. The Kier molecular flexibility index (Phi) is 4.39. The number of hydrogen-bond acceptors (Lipinski definition) is 3. The van der Waals surface area contributed by atoms with Gasteiger partial charge < -0.3 is 14.8 Å². The molecule has 1 aromatic rings. The Bertz CT molecular complexity index is 488. The zero-order valence-electron chi connectivity index (χ0n) is 13.4. The molecular weight excluding hydrogens is 262 g/mol. The second-order valence-electron chi connectivity index (χ2n) is 6.50. The first-order valence-corrected chi connectivity index (χ1v) is 8.34. The Morgan fingerprint density at radius 2 is 1.95 bits per heavy atom. The van der Waals surface area contributed by atoms with Crippen molar-refractivity contribution in [3.63, 3.8) is 0 Å². The van der Waals surface area contributed by atoms with Crippen LogP contribution in [0.2, 0.25) is 0 Å². The average molecular weight is 289 g/mol. The third-order valence-corrected chi connectivity index (χ3v) is 5.28. The molecule has 1 aliphatic carbocycles. The summed E-state index contributed by atoms with van der Waals surface area (Å²) in [5.74, 6) is 3.42. The number of benzene rings is 1. The lowest BCUT2D eigenvalue weighted by Crippen LogP contribution is -2.34. The summed E-state index contributed by atoms with van der Waals surface area (Å²) in [5.41, 5.74) is 1.28. The molecule has 3 rings (SSSR count). The van der Waals surface area contributed by atoms with E-state index in [4.69, 9.17) is 9.47 Å². The van der Waals surface area contributed by atoms with Crippen molar-refractivity contribution in [2.24, 2.45) is 11.8 Å². The van der Waals surface area contributed by atoms with Crippen molar-refractivity contribution in [2.75, 3.05) is 13.2 Å². The van der Waals surface area contributed by atoms with E-state index >= 15 is 0 Å². The van der Waals surface area contributed by atoms with Gasteiger partial charge >= 0.3 is 0 Å². The van der Waals surface area contributed by atoms with Crippen molar-refractivity contribution < 1.29 is 9.47 Å². The van der Waals surface area contributed by atoms with Crippen LogP contribution in [-0.4, -0.2) is 19.3 Å². The molecule has 0 radical (unpaired) electrons. The van der Waals surface area contributed by atoms with E-state index in [0.717, 1.165) is 23.3 Å². The molecule has 0 spiro atoms. The van der Waals surface area contributed by atoms with Crippen LogP contribution in [0.5, 0.6) is 11.5 Å². The highest BCUT2D eigenvalue weighted by Crippen LogP contribution is 2.36. The van der Waals surface area contributed by atoms with Gasteiger partial charge in [0.25, 0.3) is 0 Å². The van der Waals surface area contributed by atoms with Gasteiger partial charge in [-0.2, -0.15) is 0 Å². The second-order valence-corrected chi connectivity index (χ2v) is 6.50. The monoisotopic (exact) mass is 289 g/mol. The lowest BCUT2D eigenvalue weighted by atomic mass is 9.93. The van der Waals surface area contributed by atoms with Gasteiger partial charge in [-0.25, -0.2) is 0 Å². The third-order valence-electron chi connectivity index (χ3n) is 5.28. The van der Waals surface area contributed by atoms with Gasteiger partial charge in [-0.3, -0.25) is 0 Å². The third kappa shape index (κ3) is 3.03. The van der Waals surface area contributed by atoms with Gasteiger partial charge in [-0.05, 0) is 49.3 Å². The molecule has 116 valence electrons. The van der Waals surface area contributed by atoms with E-state index in [1.165, 1.54) is 24.8 Å². The fraction of sp³-hybridized carbons (Fsp3) is 0.667. The molecule has 1 aromatic carbocycles. The Hall–Kier alpha value is -1.22. The fourth-order valence-electron chi connectivity index (χ4n) is 3.81. The first kappa shape index (κ1) is 14.7.